The molecule has 8 heteroatoms. The van der Waals surface area contributed by atoms with E-state index in [9.17, 15) is 14.4 Å². The standard InChI is InChI=1S/C32H23BrN4O3/c33-18-13-15-19(16-14-18)37-30(39)27-26-20-7-1-4-10-23(20)32(28(27)31(37)40,24-11-5-2-8-21(24)26)17-35-36-29(38)22-9-3-6-12-25(22)34/h1-17,26-28H,34H2,(H,36,38)/b35-17-/t26?,27-,28-,32?/m0/s1. The van der Waals surface area contributed by atoms with Crippen molar-refractivity contribution in [3.8, 4) is 0 Å². The SMILES string of the molecule is Nc1ccccc1C(=O)N/N=C\C12c3ccccc3C(c3ccccc31)[C@@H]1C(=O)N(c3ccc(Br)cc3)C(=O)[C@H]12. The zero-order valence-corrected chi connectivity index (χ0v) is 22.7. The molecule has 0 spiro atoms. The predicted octanol–water partition coefficient (Wildman–Crippen LogP) is 5.00. The number of hydrazone groups is 1. The Morgan fingerprint density at radius 3 is 2.10 bits per heavy atom. The molecule has 7 nitrogen and oxygen atoms in total. The van der Waals surface area contributed by atoms with Crippen molar-refractivity contribution in [2.24, 2.45) is 16.9 Å². The summed E-state index contributed by atoms with van der Waals surface area (Å²) >= 11 is 3.44. The fourth-order valence-corrected chi connectivity index (χ4v) is 7.12. The maximum absolute atomic E-state index is 14.3. The number of amides is 3. The number of carbonyl (C=O) groups is 3. The van der Waals surface area contributed by atoms with E-state index in [1.807, 2.05) is 60.7 Å². The molecule has 196 valence electrons. The monoisotopic (exact) mass is 590 g/mol. The summed E-state index contributed by atoms with van der Waals surface area (Å²) in [6, 6.07) is 29.8. The van der Waals surface area contributed by atoms with Crippen LogP contribution in [0.1, 0.15) is 38.5 Å². The van der Waals surface area contributed by atoms with Crippen LogP contribution >= 0.6 is 15.9 Å². The van der Waals surface area contributed by atoms with Gasteiger partial charge in [0.1, 0.15) is 0 Å². The number of anilines is 2. The Balaban J connectivity index is 1.41. The van der Waals surface area contributed by atoms with Crippen LogP contribution in [0.25, 0.3) is 0 Å². The minimum absolute atomic E-state index is 0.231. The van der Waals surface area contributed by atoms with Gasteiger partial charge in [0.2, 0.25) is 11.8 Å². The van der Waals surface area contributed by atoms with Gasteiger partial charge in [-0.15, -0.1) is 0 Å². The van der Waals surface area contributed by atoms with Crippen molar-refractivity contribution in [3.05, 3.63) is 129 Å². The van der Waals surface area contributed by atoms with Gasteiger partial charge in [-0.3, -0.25) is 14.4 Å². The number of benzene rings is 4. The molecule has 0 unspecified atom stereocenters. The second kappa shape index (κ2) is 8.99. The lowest BCUT2D eigenvalue weighted by molar-refractivity contribution is -0.122. The Bertz CT molecular complexity index is 1700. The topological polar surface area (TPSA) is 105 Å². The molecule has 1 fully saturated rings. The lowest BCUT2D eigenvalue weighted by atomic mass is 9.47. The summed E-state index contributed by atoms with van der Waals surface area (Å²) in [5, 5.41) is 4.44. The third-order valence-corrected chi connectivity index (χ3v) is 8.94. The van der Waals surface area contributed by atoms with Crippen LogP contribution in [0, 0.1) is 11.8 Å². The first kappa shape index (κ1) is 24.5. The van der Waals surface area contributed by atoms with Gasteiger partial charge < -0.3 is 5.73 Å². The van der Waals surface area contributed by atoms with Gasteiger partial charge in [-0.05, 0) is 58.7 Å². The third kappa shape index (κ3) is 3.29. The number of nitrogens with zero attached hydrogens (tertiary/aromatic N) is 2. The van der Waals surface area contributed by atoms with Crippen LogP contribution in [0.2, 0.25) is 0 Å². The molecule has 4 aliphatic rings. The molecule has 2 atom stereocenters. The smallest absolute Gasteiger partial charge is 0.273 e. The highest BCUT2D eigenvalue weighted by atomic mass is 79.9. The van der Waals surface area contributed by atoms with Crippen molar-refractivity contribution < 1.29 is 14.4 Å². The molecular weight excluding hydrogens is 568 g/mol. The molecule has 3 N–H and O–H groups in total. The maximum Gasteiger partial charge on any atom is 0.273 e. The Morgan fingerprint density at radius 2 is 1.45 bits per heavy atom. The first-order valence-electron chi connectivity index (χ1n) is 12.9. The van der Waals surface area contributed by atoms with Crippen molar-refractivity contribution >= 4 is 51.2 Å². The molecule has 1 aliphatic heterocycles. The van der Waals surface area contributed by atoms with Crippen molar-refractivity contribution in [1.29, 1.82) is 0 Å². The minimum atomic E-state index is -1.07. The van der Waals surface area contributed by atoms with Crippen LogP contribution in [0.3, 0.4) is 0 Å². The second-order valence-corrected chi connectivity index (χ2v) is 11.2. The number of hydrogen-bond acceptors (Lipinski definition) is 5. The molecule has 3 amide bonds. The zero-order chi connectivity index (χ0) is 27.6. The largest absolute Gasteiger partial charge is 0.398 e. The number of nitrogens with one attached hydrogen (secondary N) is 1. The summed E-state index contributed by atoms with van der Waals surface area (Å²) in [5.74, 6) is -2.60. The number of nitrogen functional groups attached to an aromatic ring is 1. The molecule has 4 aromatic rings. The van der Waals surface area contributed by atoms with Crippen molar-refractivity contribution in [2.45, 2.75) is 11.3 Å². The third-order valence-electron chi connectivity index (χ3n) is 8.41. The summed E-state index contributed by atoms with van der Waals surface area (Å²) in [5.41, 5.74) is 12.5. The summed E-state index contributed by atoms with van der Waals surface area (Å²) in [4.78, 5) is 42.8. The number of imide groups is 1. The Kier molecular flexibility index (Phi) is 5.50. The average molecular weight is 591 g/mol. The van der Waals surface area contributed by atoms with Crippen LogP contribution < -0.4 is 16.1 Å². The summed E-state index contributed by atoms with van der Waals surface area (Å²) < 4.78 is 0.853. The van der Waals surface area contributed by atoms with Crippen molar-refractivity contribution in [3.63, 3.8) is 0 Å². The van der Waals surface area contributed by atoms with Gasteiger partial charge in [-0.25, -0.2) is 10.3 Å². The van der Waals surface area contributed by atoms with E-state index in [-0.39, 0.29) is 17.7 Å². The number of hydrogen-bond donors (Lipinski definition) is 2. The van der Waals surface area contributed by atoms with Crippen LogP contribution in [0.15, 0.2) is 107 Å². The Morgan fingerprint density at radius 1 is 0.850 bits per heavy atom. The van der Waals surface area contributed by atoms with Gasteiger partial charge in [0, 0.05) is 22.3 Å². The molecular formula is C32H23BrN4O3. The molecule has 8 rings (SSSR count). The highest BCUT2D eigenvalue weighted by Gasteiger charge is 2.68. The second-order valence-electron chi connectivity index (χ2n) is 10.3. The predicted molar refractivity (Wildman–Crippen MR) is 156 cm³/mol. The number of carbonyl (C=O) groups excluding carboxylic acids is 3. The molecule has 0 saturated carbocycles. The lowest BCUT2D eigenvalue weighted by Gasteiger charge is -2.52. The Hall–Kier alpha value is -4.56. The highest BCUT2D eigenvalue weighted by Crippen LogP contribution is 2.63. The lowest BCUT2D eigenvalue weighted by Crippen LogP contribution is -2.54. The van der Waals surface area contributed by atoms with E-state index < -0.39 is 23.2 Å². The quantitative estimate of drug-likeness (QED) is 0.151. The van der Waals surface area contributed by atoms with E-state index in [0.717, 1.165) is 26.7 Å². The summed E-state index contributed by atoms with van der Waals surface area (Å²) in [6.45, 7) is 0. The fourth-order valence-electron chi connectivity index (χ4n) is 6.85. The van der Waals surface area contributed by atoms with Gasteiger partial charge in [0.25, 0.3) is 5.91 Å². The number of nitrogens with two attached hydrogens (primary N) is 1. The molecule has 40 heavy (non-hydrogen) atoms. The zero-order valence-electron chi connectivity index (χ0n) is 21.1. The molecule has 1 heterocycles. The first-order chi connectivity index (χ1) is 19.4. The summed E-state index contributed by atoms with van der Waals surface area (Å²) in [7, 11) is 0. The van der Waals surface area contributed by atoms with E-state index in [2.05, 4.69) is 26.5 Å². The van der Waals surface area contributed by atoms with E-state index >= 15 is 0 Å². The number of rotatable bonds is 4. The first-order valence-corrected chi connectivity index (χ1v) is 13.7. The normalized spacial score (nSPS) is 24.1. The molecule has 4 aromatic carbocycles. The van der Waals surface area contributed by atoms with Crippen molar-refractivity contribution in [1.82, 2.24) is 5.43 Å². The van der Waals surface area contributed by atoms with Crippen LogP contribution in [-0.4, -0.2) is 23.9 Å². The Labute approximate surface area is 238 Å². The molecule has 0 aromatic heterocycles. The highest BCUT2D eigenvalue weighted by molar-refractivity contribution is 9.10. The molecule has 0 radical (unpaired) electrons. The van der Waals surface area contributed by atoms with Crippen LogP contribution in [0.4, 0.5) is 11.4 Å². The van der Waals surface area contributed by atoms with E-state index in [1.165, 1.54) is 4.90 Å². The summed E-state index contributed by atoms with van der Waals surface area (Å²) in [6.07, 6.45) is 1.64. The maximum atomic E-state index is 14.3. The molecule has 1 saturated heterocycles. The number of para-hydroxylation sites is 1. The molecule has 2 bridgehead atoms. The minimum Gasteiger partial charge on any atom is -0.398 e. The number of halogens is 1. The fraction of sp³-hybridized carbons (Fsp3) is 0.125. The van der Waals surface area contributed by atoms with Gasteiger partial charge in [0.15, 0.2) is 0 Å². The average Bonchev–Trinajstić information content (AvgIpc) is 3.24. The van der Waals surface area contributed by atoms with E-state index in [1.54, 1.807) is 42.6 Å². The van der Waals surface area contributed by atoms with Crippen molar-refractivity contribution in [2.75, 3.05) is 10.6 Å². The van der Waals surface area contributed by atoms with Gasteiger partial charge in [0.05, 0.1) is 28.5 Å². The van der Waals surface area contributed by atoms with E-state index in [0.29, 0.717) is 16.9 Å². The van der Waals surface area contributed by atoms with E-state index in [4.69, 9.17) is 5.73 Å². The van der Waals surface area contributed by atoms with Gasteiger partial charge in [-0.1, -0.05) is 76.6 Å². The van der Waals surface area contributed by atoms with Gasteiger partial charge in [-0.2, -0.15) is 5.10 Å². The van der Waals surface area contributed by atoms with Crippen LogP contribution in [0.5, 0.6) is 0 Å². The van der Waals surface area contributed by atoms with Gasteiger partial charge >= 0.3 is 0 Å². The molecule has 3 aliphatic carbocycles. The van der Waals surface area contributed by atoms with Crippen LogP contribution in [-0.2, 0) is 15.0 Å².